The van der Waals surface area contributed by atoms with Crippen molar-refractivity contribution in [2.45, 2.75) is 19.5 Å². The number of rotatable bonds is 6. The third kappa shape index (κ3) is 3.62. The topological polar surface area (TPSA) is 117 Å². The average molecular weight is 405 g/mol. The van der Waals surface area contributed by atoms with Gasteiger partial charge in [-0.1, -0.05) is 36.4 Å². The zero-order valence-electron chi connectivity index (χ0n) is 16.2. The van der Waals surface area contributed by atoms with Crippen molar-refractivity contribution >= 4 is 16.7 Å². The summed E-state index contributed by atoms with van der Waals surface area (Å²) in [5.41, 5.74) is -0.137. The van der Waals surface area contributed by atoms with Crippen molar-refractivity contribution < 1.29 is 4.79 Å². The Morgan fingerprint density at radius 2 is 1.77 bits per heavy atom. The minimum Gasteiger partial charge on any atom is -0.352 e. The molecule has 0 bridgehead atoms. The molecule has 2 aromatic carbocycles. The largest absolute Gasteiger partial charge is 0.368 e. The molecule has 0 saturated heterocycles. The molecular weight excluding hydrogens is 386 g/mol. The number of aromatic nitrogens is 6. The first-order valence-corrected chi connectivity index (χ1v) is 9.39. The second-order valence-electron chi connectivity index (χ2n) is 6.68. The predicted molar refractivity (Wildman–Crippen MR) is 109 cm³/mol. The van der Waals surface area contributed by atoms with Crippen LogP contribution in [0.2, 0.25) is 0 Å². The van der Waals surface area contributed by atoms with E-state index < -0.39 is 11.7 Å². The van der Waals surface area contributed by atoms with E-state index in [0.717, 1.165) is 4.68 Å². The van der Waals surface area contributed by atoms with E-state index >= 15 is 0 Å². The van der Waals surface area contributed by atoms with E-state index in [1.807, 2.05) is 12.1 Å². The summed E-state index contributed by atoms with van der Waals surface area (Å²) in [7, 11) is 0. The Morgan fingerprint density at radius 3 is 2.57 bits per heavy atom. The lowest BCUT2D eigenvalue weighted by molar-refractivity contribution is -0.124. The van der Waals surface area contributed by atoms with Crippen LogP contribution in [0.3, 0.4) is 0 Å². The molecule has 152 valence electrons. The van der Waals surface area contributed by atoms with Gasteiger partial charge in [0.05, 0.1) is 23.8 Å². The SMILES string of the molecule is C[C@@H](C(=O)NCCn1nnn(-c2ccccc2)c1=O)n1ncc2ccccc2c1=O. The molecule has 2 heterocycles. The Hall–Kier alpha value is -4.08. The zero-order valence-corrected chi connectivity index (χ0v) is 16.2. The van der Waals surface area contributed by atoms with Crippen LogP contribution in [0.15, 0.2) is 70.4 Å². The Morgan fingerprint density at radius 1 is 1.03 bits per heavy atom. The standard InChI is InChI=1S/C20H19N7O3/c1-14(26-19(29)17-10-6-5-7-15(17)13-22-26)18(28)21-11-12-25-20(30)27(24-23-25)16-8-3-2-4-9-16/h2-10,13-14H,11-12H2,1H3,(H,21,28)/t14-/m0/s1. The van der Waals surface area contributed by atoms with Gasteiger partial charge in [0, 0.05) is 11.9 Å². The summed E-state index contributed by atoms with van der Waals surface area (Å²) in [5, 5.41) is 15.7. The lowest BCUT2D eigenvalue weighted by Gasteiger charge is -2.14. The first kappa shape index (κ1) is 19.2. The van der Waals surface area contributed by atoms with E-state index in [0.29, 0.717) is 16.5 Å². The molecule has 0 unspecified atom stereocenters. The number of benzene rings is 2. The molecular formula is C20H19N7O3. The minimum absolute atomic E-state index is 0.143. The van der Waals surface area contributed by atoms with Gasteiger partial charge in [0.1, 0.15) is 6.04 Å². The van der Waals surface area contributed by atoms with Crippen LogP contribution in [0.4, 0.5) is 0 Å². The molecule has 0 saturated carbocycles. The van der Waals surface area contributed by atoms with Gasteiger partial charge < -0.3 is 5.32 Å². The highest BCUT2D eigenvalue weighted by molar-refractivity contribution is 5.82. The zero-order chi connectivity index (χ0) is 21.1. The van der Waals surface area contributed by atoms with Crippen molar-refractivity contribution in [2.24, 2.45) is 0 Å². The molecule has 10 heteroatoms. The Kier molecular flexibility index (Phi) is 5.21. The summed E-state index contributed by atoms with van der Waals surface area (Å²) in [4.78, 5) is 37.5. The lowest BCUT2D eigenvalue weighted by Crippen LogP contribution is -2.39. The Bertz CT molecular complexity index is 1310. The van der Waals surface area contributed by atoms with Gasteiger partial charge in [-0.25, -0.2) is 9.48 Å². The van der Waals surface area contributed by atoms with Crippen molar-refractivity contribution in [1.82, 2.24) is 34.9 Å². The fraction of sp³-hybridized carbons (Fsp3) is 0.200. The van der Waals surface area contributed by atoms with Crippen LogP contribution in [0, 0.1) is 0 Å². The number of hydrogen-bond donors (Lipinski definition) is 1. The predicted octanol–water partition coefficient (Wildman–Crippen LogP) is 0.516. The number of nitrogens with zero attached hydrogens (tertiary/aromatic N) is 6. The Labute approximate surface area is 170 Å². The number of carbonyl (C=O) groups is 1. The molecule has 1 amide bonds. The number of nitrogens with one attached hydrogen (secondary N) is 1. The van der Waals surface area contributed by atoms with E-state index in [9.17, 15) is 14.4 Å². The number of tetrazole rings is 1. The van der Waals surface area contributed by atoms with Crippen LogP contribution >= 0.6 is 0 Å². The molecule has 30 heavy (non-hydrogen) atoms. The van der Waals surface area contributed by atoms with E-state index in [1.165, 1.54) is 9.36 Å². The van der Waals surface area contributed by atoms with Gasteiger partial charge in [0.2, 0.25) is 5.91 Å². The number of fused-ring (bicyclic) bond motifs is 1. The van der Waals surface area contributed by atoms with Gasteiger partial charge in [-0.05, 0) is 35.5 Å². The van der Waals surface area contributed by atoms with Gasteiger partial charge in [-0.15, -0.1) is 0 Å². The van der Waals surface area contributed by atoms with E-state index in [1.54, 1.807) is 55.6 Å². The quantitative estimate of drug-likeness (QED) is 0.500. The van der Waals surface area contributed by atoms with Gasteiger partial charge in [0.15, 0.2) is 0 Å². The molecule has 0 aliphatic rings. The summed E-state index contributed by atoms with van der Waals surface area (Å²) in [5.74, 6) is -0.386. The highest BCUT2D eigenvalue weighted by atomic mass is 16.2. The summed E-state index contributed by atoms with van der Waals surface area (Å²) in [6, 6.07) is 15.2. The minimum atomic E-state index is -0.807. The van der Waals surface area contributed by atoms with Crippen molar-refractivity contribution in [1.29, 1.82) is 0 Å². The normalized spacial score (nSPS) is 12.0. The van der Waals surface area contributed by atoms with Crippen molar-refractivity contribution in [2.75, 3.05) is 6.54 Å². The summed E-state index contributed by atoms with van der Waals surface area (Å²) in [6.45, 7) is 1.89. The monoisotopic (exact) mass is 405 g/mol. The fourth-order valence-corrected chi connectivity index (χ4v) is 3.07. The highest BCUT2D eigenvalue weighted by Gasteiger charge is 2.18. The van der Waals surface area contributed by atoms with E-state index in [-0.39, 0.29) is 24.6 Å². The Balaban J connectivity index is 1.42. The number of para-hydroxylation sites is 1. The van der Waals surface area contributed by atoms with E-state index in [4.69, 9.17) is 0 Å². The molecule has 4 aromatic rings. The molecule has 1 N–H and O–H groups in total. The fourth-order valence-electron chi connectivity index (χ4n) is 3.07. The van der Waals surface area contributed by atoms with E-state index in [2.05, 4.69) is 20.8 Å². The average Bonchev–Trinajstić information content (AvgIpc) is 3.14. The summed E-state index contributed by atoms with van der Waals surface area (Å²) >= 11 is 0. The summed E-state index contributed by atoms with van der Waals surface area (Å²) in [6.07, 6.45) is 1.56. The lowest BCUT2D eigenvalue weighted by atomic mass is 10.2. The molecule has 0 aliphatic heterocycles. The molecule has 4 rings (SSSR count). The van der Waals surface area contributed by atoms with Crippen molar-refractivity contribution in [3.63, 3.8) is 0 Å². The van der Waals surface area contributed by atoms with Crippen LogP contribution in [0.1, 0.15) is 13.0 Å². The summed E-state index contributed by atoms with van der Waals surface area (Å²) < 4.78 is 3.50. The van der Waals surface area contributed by atoms with Crippen LogP contribution in [-0.2, 0) is 11.3 Å². The first-order valence-electron chi connectivity index (χ1n) is 9.39. The third-order valence-corrected chi connectivity index (χ3v) is 4.73. The number of amides is 1. The number of carbonyl (C=O) groups excluding carboxylic acids is 1. The molecule has 0 fully saturated rings. The van der Waals surface area contributed by atoms with Crippen LogP contribution in [-0.4, -0.2) is 42.0 Å². The second-order valence-corrected chi connectivity index (χ2v) is 6.68. The van der Waals surface area contributed by atoms with Gasteiger partial charge in [-0.2, -0.15) is 14.5 Å². The van der Waals surface area contributed by atoms with Crippen LogP contribution < -0.4 is 16.6 Å². The maximum Gasteiger partial charge on any atom is 0.368 e. The second kappa shape index (κ2) is 8.11. The van der Waals surface area contributed by atoms with Crippen molar-refractivity contribution in [3.05, 3.63) is 81.6 Å². The van der Waals surface area contributed by atoms with Crippen molar-refractivity contribution in [3.8, 4) is 5.69 Å². The molecule has 0 aliphatic carbocycles. The van der Waals surface area contributed by atoms with Crippen LogP contribution in [0.5, 0.6) is 0 Å². The third-order valence-electron chi connectivity index (χ3n) is 4.73. The number of hydrogen-bond acceptors (Lipinski definition) is 6. The molecule has 1 atom stereocenters. The molecule has 0 spiro atoms. The molecule has 10 nitrogen and oxygen atoms in total. The molecule has 2 aromatic heterocycles. The first-order chi connectivity index (χ1) is 14.6. The maximum absolute atomic E-state index is 12.6. The smallest absolute Gasteiger partial charge is 0.352 e. The molecule has 0 radical (unpaired) electrons. The van der Waals surface area contributed by atoms with Gasteiger partial charge in [-0.3, -0.25) is 9.59 Å². The van der Waals surface area contributed by atoms with Crippen LogP contribution in [0.25, 0.3) is 16.5 Å². The maximum atomic E-state index is 12.6. The van der Waals surface area contributed by atoms with Gasteiger partial charge >= 0.3 is 5.69 Å². The highest BCUT2D eigenvalue weighted by Crippen LogP contribution is 2.09. The van der Waals surface area contributed by atoms with Gasteiger partial charge in [0.25, 0.3) is 5.56 Å².